The summed E-state index contributed by atoms with van der Waals surface area (Å²) in [5.41, 5.74) is 2.39. The summed E-state index contributed by atoms with van der Waals surface area (Å²) in [4.78, 5) is 29.3. The lowest BCUT2D eigenvalue weighted by Crippen LogP contribution is -2.37. The fourth-order valence-electron chi connectivity index (χ4n) is 4.95. The topological polar surface area (TPSA) is 78.4 Å². The second-order valence-corrected chi connectivity index (χ2v) is 9.20. The van der Waals surface area contributed by atoms with Gasteiger partial charge in [-0.1, -0.05) is 18.2 Å². The molecular formula is C27H28FN5O2. The van der Waals surface area contributed by atoms with Crippen molar-refractivity contribution < 1.29 is 14.0 Å². The molecule has 2 saturated heterocycles. The number of nitrogens with zero attached hydrogens (tertiary/aromatic N) is 4. The molecule has 0 radical (unpaired) electrons. The van der Waals surface area contributed by atoms with E-state index in [4.69, 9.17) is 0 Å². The Kier molecular flexibility index (Phi) is 6.70. The van der Waals surface area contributed by atoms with E-state index < -0.39 is 5.82 Å². The number of amides is 2. The third-order valence-electron chi connectivity index (χ3n) is 6.94. The van der Waals surface area contributed by atoms with E-state index in [1.807, 2.05) is 24.3 Å². The Balaban J connectivity index is 1.12. The van der Waals surface area contributed by atoms with Gasteiger partial charge in [0.25, 0.3) is 5.91 Å². The van der Waals surface area contributed by atoms with Crippen LogP contribution in [0.4, 0.5) is 15.9 Å². The molecule has 7 nitrogen and oxygen atoms in total. The van der Waals surface area contributed by atoms with Crippen LogP contribution in [0.3, 0.4) is 0 Å². The summed E-state index contributed by atoms with van der Waals surface area (Å²) in [6.45, 7) is 2.70. The lowest BCUT2D eigenvalue weighted by Gasteiger charge is -2.32. The van der Waals surface area contributed by atoms with E-state index in [1.54, 1.807) is 23.2 Å². The molecule has 0 aliphatic carbocycles. The van der Waals surface area contributed by atoms with Crippen LogP contribution in [0.2, 0.25) is 0 Å². The summed E-state index contributed by atoms with van der Waals surface area (Å²) in [7, 11) is 0. The maximum absolute atomic E-state index is 13.5. The van der Waals surface area contributed by atoms with E-state index in [-0.39, 0.29) is 17.7 Å². The molecule has 1 unspecified atom stereocenters. The first-order valence-corrected chi connectivity index (χ1v) is 12.0. The molecule has 0 bridgehead atoms. The summed E-state index contributed by atoms with van der Waals surface area (Å²) >= 11 is 0. The molecule has 2 aromatic carbocycles. The number of hydrogen-bond donors (Lipinski definition) is 1. The molecule has 3 heterocycles. The van der Waals surface area contributed by atoms with Crippen molar-refractivity contribution in [2.24, 2.45) is 5.92 Å². The Labute approximate surface area is 204 Å². The van der Waals surface area contributed by atoms with Gasteiger partial charge in [-0.2, -0.15) is 5.10 Å². The Bertz CT molecular complexity index is 1180. The quantitative estimate of drug-likeness (QED) is 0.604. The van der Waals surface area contributed by atoms with E-state index in [2.05, 4.69) is 32.5 Å². The van der Waals surface area contributed by atoms with Crippen LogP contribution in [0.5, 0.6) is 0 Å². The predicted octanol–water partition coefficient (Wildman–Crippen LogP) is 4.10. The third kappa shape index (κ3) is 5.31. The molecule has 0 spiro atoms. The van der Waals surface area contributed by atoms with E-state index in [9.17, 15) is 14.0 Å². The van der Waals surface area contributed by atoms with Gasteiger partial charge < -0.3 is 15.1 Å². The van der Waals surface area contributed by atoms with Gasteiger partial charge in [-0.15, -0.1) is 5.10 Å². The molecule has 1 atom stereocenters. The molecule has 1 aromatic heterocycles. The molecule has 5 rings (SSSR count). The van der Waals surface area contributed by atoms with Gasteiger partial charge in [0, 0.05) is 43.6 Å². The second kappa shape index (κ2) is 10.2. The summed E-state index contributed by atoms with van der Waals surface area (Å²) in [5, 5.41) is 11.1. The number of rotatable bonds is 5. The average Bonchev–Trinajstić information content (AvgIpc) is 3.40. The van der Waals surface area contributed by atoms with Crippen molar-refractivity contribution in [3.8, 4) is 0 Å². The van der Waals surface area contributed by atoms with Gasteiger partial charge in [-0.25, -0.2) is 4.39 Å². The van der Waals surface area contributed by atoms with Gasteiger partial charge in [0.2, 0.25) is 5.91 Å². The number of nitrogens with one attached hydrogen (secondary N) is 1. The van der Waals surface area contributed by atoms with Crippen LogP contribution in [-0.2, 0) is 4.79 Å². The van der Waals surface area contributed by atoms with Crippen LogP contribution >= 0.6 is 0 Å². The van der Waals surface area contributed by atoms with E-state index >= 15 is 0 Å². The standard InChI is InChI=1S/C27H28FN5O2/c28-23-4-1-3-21(17-23)27(35)32-14-10-20(11-15-32)19-6-8-24(9-7-19)30-26(34)22-12-16-33(18-22)25-5-2-13-29-31-25/h1-9,13,17,20,22H,10-12,14-16,18H2,(H,30,34). The predicted molar refractivity (Wildman–Crippen MR) is 132 cm³/mol. The Morgan fingerprint density at radius 3 is 2.46 bits per heavy atom. The van der Waals surface area contributed by atoms with Gasteiger partial charge in [-0.05, 0) is 73.2 Å². The summed E-state index contributed by atoms with van der Waals surface area (Å²) in [5.74, 6) is 0.576. The minimum absolute atomic E-state index is 0.0216. The number of anilines is 2. The molecule has 0 saturated carbocycles. The number of carbonyl (C=O) groups is 2. The maximum Gasteiger partial charge on any atom is 0.253 e. The molecular weight excluding hydrogens is 445 g/mol. The zero-order chi connectivity index (χ0) is 24.2. The molecule has 2 amide bonds. The molecule has 2 aliphatic heterocycles. The molecule has 180 valence electrons. The van der Waals surface area contributed by atoms with Crippen LogP contribution in [0.25, 0.3) is 0 Å². The minimum atomic E-state index is -0.395. The van der Waals surface area contributed by atoms with Gasteiger partial charge in [0.05, 0.1) is 5.92 Å². The molecule has 1 N–H and O–H groups in total. The lowest BCUT2D eigenvalue weighted by molar-refractivity contribution is -0.119. The van der Waals surface area contributed by atoms with E-state index in [1.165, 1.54) is 17.7 Å². The molecule has 2 fully saturated rings. The van der Waals surface area contributed by atoms with Crippen LogP contribution in [0, 0.1) is 11.7 Å². The largest absolute Gasteiger partial charge is 0.354 e. The molecule has 8 heteroatoms. The fourth-order valence-corrected chi connectivity index (χ4v) is 4.95. The number of benzene rings is 2. The van der Waals surface area contributed by atoms with Crippen molar-refractivity contribution in [2.45, 2.75) is 25.2 Å². The van der Waals surface area contributed by atoms with Crippen molar-refractivity contribution >= 4 is 23.3 Å². The molecule has 2 aliphatic rings. The minimum Gasteiger partial charge on any atom is -0.354 e. The summed E-state index contributed by atoms with van der Waals surface area (Å²) < 4.78 is 13.5. The van der Waals surface area contributed by atoms with Crippen LogP contribution in [-0.4, -0.2) is 53.1 Å². The number of likely N-dealkylation sites (tertiary alicyclic amines) is 1. The highest BCUT2D eigenvalue weighted by molar-refractivity contribution is 5.94. The lowest BCUT2D eigenvalue weighted by atomic mass is 9.89. The monoisotopic (exact) mass is 473 g/mol. The van der Waals surface area contributed by atoms with E-state index in [0.29, 0.717) is 31.1 Å². The third-order valence-corrected chi connectivity index (χ3v) is 6.94. The summed E-state index contributed by atoms with van der Waals surface area (Å²) in [6.07, 6.45) is 4.14. The normalized spacial score (nSPS) is 18.5. The highest BCUT2D eigenvalue weighted by Crippen LogP contribution is 2.30. The van der Waals surface area contributed by atoms with Gasteiger partial charge >= 0.3 is 0 Å². The highest BCUT2D eigenvalue weighted by atomic mass is 19.1. The zero-order valence-electron chi connectivity index (χ0n) is 19.4. The summed E-state index contributed by atoms with van der Waals surface area (Å²) in [6, 6.07) is 17.6. The van der Waals surface area contributed by atoms with Crippen molar-refractivity contribution in [1.29, 1.82) is 0 Å². The van der Waals surface area contributed by atoms with E-state index in [0.717, 1.165) is 37.3 Å². The SMILES string of the molecule is O=C(Nc1ccc(C2CCN(C(=O)c3cccc(F)c3)CC2)cc1)C1CCN(c2cccnn2)C1. The number of piperidine rings is 1. The van der Waals surface area contributed by atoms with Crippen molar-refractivity contribution in [2.75, 3.05) is 36.4 Å². The number of carbonyl (C=O) groups excluding carboxylic acids is 2. The number of halogens is 1. The van der Waals surface area contributed by atoms with Crippen molar-refractivity contribution in [1.82, 2.24) is 15.1 Å². The highest BCUT2D eigenvalue weighted by Gasteiger charge is 2.29. The maximum atomic E-state index is 13.5. The van der Waals surface area contributed by atoms with Crippen LogP contribution in [0.15, 0.2) is 66.9 Å². The second-order valence-electron chi connectivity index (χ2n) is 9.20. The van der Waals surface area contributed by atoms with Crippen LogP contribution < -0.4 is 10.2 Å². The van der Waals surface area contributed by atoms with Gasteiger partial charge in [-0.3, -0.25) is 9.59 Å². The average molecular weight is 474 g/mol. The Hall–Kier alpha value is -3.81. The zero-order valence-corrected chi connectivity index (χ0v) is 19.4. The first kappa shape index (κ1) is 23.0. The molecule has 3 aromatic rings. The Morgan fingerprint density at radius 1 is 0.943 bits per heavy atom. The van der Waals surface area contributed by atoms with Gasteiger partial charge in [0.1, 0.15) is 5.82 Å². The van der Waals surface area contributed by atoms with Crippen molar-refractivity contribution in [3.05, 3.63) is 83.8 Å². The van der Waals surface area contributed by atoms with Crippen molar-refractivity contribution in [3.63, 3.8) is 0 Å². The first-order valence-electron chi connectivity index (χ1n) is 12.0. The smallest absolute Gasteiger partial charge is 0.253 e. The Morgan fingerprint density at radius 2 is 1.74 bits per heavy atom. The van der Waals surface area contributed by atoms with Gasteiger partial charge in [0.15, 0.2) is 5.82 Å². The number of hydrogen-bond acceptors (Lipinski definition) is 5. The first-order chi connectivity index (χ1) is 17.1. The fraction of sp³-hybridized carbons (Fsp3) is 0.333. The van der Waals surface area contributed by atoms with Crippen LogP contribution in [0.1, 0.15) is 41.1 Å². The number of aromatic nitrogens is 2. The molecule has 35 heavy (non-hydrogen) atoms.